The number of aliphatic imine (C=N–C) groups is 2. The van der Waals surface area contributed by atoms with Gasteiger partial charge in [-0.3, -0.25) is 9.98 Å². The van der Waals surface area contributed by atoms with Crippen LogP contribution in [0.15, 0.2) is 82.8 Å². The number of hydrogen-bond donors (Lipinski definition) is 2. The second kappa shape index (κ2) is 16.7. The molecule has 0 saturated carbocycles. The molecular formula is C30H36Cl2N4O4. The molecule has 0 radical (unpaired) electrons. The predicted octanol–water partition coefficient (Wildman–Crippen LogP) is 4.42. The van der Waals surface area contributed by atoms with E-state index >= 15 is 0 Å². The van der Waals surface area contributed by atoms with Gasteiger partial charge in [-0.25, -0.2) is 0 Å². The largest absolute Gasteiger partial charge is 0.491 e. The van der Waals surface area contributed by atoms with Crippen LogP contribution in [-0.4, -0.2) is 64.3 Å². The third-order valence-electron chi connectivity index (χ3n) is 6.13. The van der Waals surface area contributed by atoms with Gasteiger partial charge in [0.2, 0.25) is 0 Å². The van der Waals surface area contributed by atoms with E-state index in [9.17, 15) is 0 Å². The summed E-state index contributed by atoms with van der Waals surface area (Å²) in [5.74, 6) is 3.56. The molecule has 3 aromatic carbocycles. The van der Waals surface area contributed by atoms with Crippen molar-refractivity contribution >= 4 is 36.5 Å². The lowest BCUT2D eigenvalue weighted by molar-refractivity contribution is 0.0859. The average molecular weight is 588 g/mol. The summed E-state index contributed by atoms with van der Waals surface area (Å²) in [7, 11) is 0. The molecule has 0 spiro atoms. The van der Waals surface area contributed by atoms with E-state index < -0.39 is 0 Å². The quantitative estimate of drug-likeness (QED) is 0.272. The van der Waals surface area contributed by atoms with Gasteiger partial charge in [0.05, 0.1) is 39.5 Å². The van der Waals surface area contributed by atoms with Crippen LogP contribution in [0.25, 0.3) is 0 Å². The Hall–Kier alpha value is -3.30. The second-order valence-corrected chi connectivity index (χ2v) is 8.99. The normalized spacial score (nSPS) is 13.7. The molecule has 2 aliphatic rings. The molecule has 40 heavy (non-hydrogen) atoms. The first-order valence-corrected chi connectivity index (χ1v) is 13.1. The van der Waals surface area contributed by atoms with Crippen molar-refractivity contribution in [2.75, 3.05) is 52.6 Å². The fraction of sp³-hybridized carbons (Fsp3) is 0.333. The highest BCUT2D eigenvalue weighted by atomic mass is 35.5. The van der Waals surface area contributed by atoms with Gasteiger partial charge in [0, 0.05) is 24.2 Å². The molecule has 214 valence electrons. The van der Waals surface area contributed by atoms with E-state index in [-0.39, 0.29) is 24.8 Å². The number of rotatable bonds is 14. The first-order chi connectivity index (χ1) is 18.8. The van der Waals surface area contributed by atoms with E-state index in [1.165, 1.54) is 0 Å². The van der Waals surface area contributed by atoms with Gasteiger partial charge in [-0.2, -0.15) is 0 Å². The van der Waals surface area contributed by atoms with Gasteiger partial charge >= 0.3 is 0 Å². The molecule has 8 nitrogen and oxygen atoms in total. The standard InChI is InChI=1S/C30H34N4O4.2ClH/c1-2-23(21-35-16-18-37-27-8-4-25(5-9-27)29-31-12-13-32-29)20-24(3-1)22-36-17-19-38-28-10-6-26(7-11-28)30-33-14-15-34-30;;/h1-11,20H,12-19,21-22H2,(H,31,32)(H,33,34);2*1H. The molecule has 2 aliphatic heterocycles. The van der Waals surface area contributed by atoms with E-state index in [1.807, 2.05) is 54.6 Å². The molecule has 2 N–H and O–H groups in total. The van der Waals surface area contributed by atoms with Crippen molar-refractivity contribution in [1.29, 1.82) is 0 Å². The van der Waals surface area contributed by atoms with Crippen LogP contribution < -0.4 is 20.1 Å². The van der Waals surface area contributed by atoms with Gasteiger partial charge in [-0.1, -0.05) is 24.3 Å². The van der Waals surface area contributed by atoms with Crippen molar-refractivity contribution < 1.29 is 18.9 Å². The maximum Gasteiger partial charge on any atom is 0.128 e. The summed E-state index contributed by atoms with van der Waals surface area (Å²) in [6.45, 7) is 6.56. The Kier molecular flexibility index (Phi) is 13.1. The molecule has 10 heteroatoms. The fourth-order valence-corrected chi connectivity index (χ4v) is 4.23. The van der Waals surface area contributed by atoms with Crippen LogP contribution in [0.1, 0.15) is 22.3 Å². The number of ether oxygens (including phenoxy) is 4. The van der Waals surface area contributed by atoms with Crippen LogP contribution in [0.3, 0.4) is 0 Å². The fourth-order valence-electron chi connectivity index (χ4n) is 4.23. The summed E-state index contributed by atoms with van der Waals surface area (Å²) >= 11 is 0. The maximum atomic E-state index is 5.81. The average Bonchev–Trinajstić information content (AvgIpc) is 3.69. The Morgan fingerprint density at radius 2 is 1.02 bits per heavy atom. The van der Waals surface area contributed by atoms with Crippen molar-refractivity contribution in [2.45, 2.75) is 13.2 Å². The molecule has 0 saturated heterocycles. The van der Waals surface area contributed by atoms with E-state index in [0.717, 1.165) is 71.6 Å². The smallest absolute Gasteiger partial charge is 0.128 e. The molecule has 0 atom stereocenters. The Morgan fingerprint density at radius 1 is 0.575 bits per heavy atom. The number of hydrogen-bond acceptors (Lipinski definition) is 8. The summed E-state index contributed by atoms with van der Waals surface area (Å²) in [6, 6.07) is 24.2. The number of benzene rings is 3. The number of amidine groups is 2. The lowest BCUT2D eigenvalue weighted by Crippen LogP contribution is -2.19. The topological polar surface area (TPSA) is 85.7 Å². The number of halogens is 2. The molecule has 0 bridgehead atoms. The van der Waals surface area contributed by atoms with Crippen molar-refractivity contribution in [3.8, 4) is 11.5 Å². The van der Waals surface area contributed by atoms with Crippen LogP contribution in [0.4, 0.5) is 0 Å². The van der Waals surface area contributed by atoms with E-state index in [0.29, 0.717) is 39.6 Å². The number of nitrogens with zero attached hydrogens (tertiary/aromatic N) is 2. The van der Waals surface area contributed by atoms with Crippen LogP contribution >= 0.6 is 24.8 Å². The highest BCUT2D eigenvalue weighted by molar-refractivity contribution is 6.00. The van der Waals surface area contributed by atoms with Crippen molar-refractivity contribution in [3.63, 3.8) is 0 Å². The summed E-state index contributed by atoms with van der Waals surface area (Å²) in [4.78, 5) is 8.87. The molecule has 0 amide bonds. The minimum Gasteiger partial charge on any atom is -0.491 e. The minimum atomic E-state index is 0. The maximum absolute atomic E-state index is 5.81. The Labute approximate surface area is 248 Å². The molecule has 5 rings (SSSR count). The Balaban J connectivity index is 0.00000220. The second-order valence-electron chi connectivity index (χ2n) is 8.99. The van der Waals surface area contributed by atoms with E-state index in [1.54, 1.807) is 0 Å². The van der Waals surface area contributed by atoms with Crippen LogP contribution in [0, 0.1) is 0 Å². The SMILES string of the molecule is Cl.Cl.c1cc(COCCOc2ccc(C3=NCCN3)cc2)cc(COCCOc2ccc(C3=NCCN3)cc2)c1. The third kappa shape index (κ3) is 9.41. The minimum absolute atomic E-state index is 0. The Morgan fingerprint density at radius 3 is 1.43 bits per heavy atom. The van der Waals surface area contributed by atoms with Gasteiger partial charge in [-0.05, 0) is 59.7 Å². The molecule has 0 aliphatic carbocycles. The summed E-state index contributed by atoms with van der Waals surface area (Å²) in [5, 5.41) is 6.55. The van der Waals surface area contributed by atoms with E-state index in [2.05, 4.69) is 38.8 Å². The summed E-state index contributed by atoms with van der Waals surface area (Å²) in [6.07, 6.45) is 0. The third-order valence-corrected chi connectivity index (χ3v) is 6.13. The van der Waals surface area contributed by atoms with Crippen molar-refractivity contribution in [1.82, 2.24) is 10.6 Å². The zero-order valence-electron chi connectivity index (χ0n) is 22.3. The van der Waals surface area contributed by atoms with E-state index in [4.69, 9.17) is 18.9 Å². The van der Waals surface area contributed by atoms with Gasteiger partial charge in [0.25, 0.3) is 0 Å². The van der Waals surface area contributed by atoms with Crippen LogP contribution in [0.2, 0.25) is 0 Å². The van der Waals surface area contributed by atoms with Crippen LogP contribution in [-0.2, 0) is 22.7 Å². The monoisotopic (exact) mass is 586 g/mol. The zero-order chi connectivity index (χ0) is 25.8. The molecule has 0 aromatic heterocycles. The number of nitrogens with one attached hydrogen (secondary N) is 2. The highest BCUT2D eigenvalue weighted by Gasteiger charge is 2.08. The molecular weight excluding hydrogens is 551 g/mol. The first-order valence-electron chi connectivity index (χ1n) is 13.1. The van der Waals surface area contributed by atoms with Crippen LogP contribution in [0.5, 0.6) is 11.5 Å². The summed E-state index contributed by atoms with van der Waals surface area (Å²) in [5.41, 5.74) is 4.39. The van der Waals surface area contributed by atoms with Crippen molar-refractivity contribution in [3.05, 3.63) is 95.1 Å². The lowest BCUT2D eigenvalue weighted by atomic mass is 10.1. The van der Waals surface area contributed by atoms with Gasteiger partial charge in [-0.15, -0.1) is 24.8 Å². The molecule has 0 unspecified atom stereocenters. The van der Waals surface area contributed by atoms with Crippen molar-refractivity contribution in [2.24, 2.45) is 9.98 Å². The first kappa shape index (κ1) is 31.2. The highest BCUT2D eigenvalue weighted by Crippen LogP contribution is 2.15. The molecule has 2 heterocycles. The van der Waals surface area contributed by atoms with Gasteiger partial charge in [0.1, 0.15) is 36.4 Å². The molecule has 0 fully saturated rings. The van der Waals surface area contributed by atoms with Gasteiger partial charge in [0.15, 0.2) is 0 Å². The lowest BCUT2D eigenvalue weighted by Gasteiger charge is -2.10. The van der Waals surface area contributed by atoms with Gasteiger partial charge < -0.3 is 29.6 Å². The predicted molar refractivity (Wildman–Crippen MR) is 163 cm³/mol. The summed E-state index contributed by atoms with van der Waals surface area (Å²) < 4.78 is 23.2. The zero-order valence-corrected chi connectivity index (χ0v) is 24.0. The molecule has 3 aromatic rings. The Bertz CT molecular complexity index is 1140.